The summed E-state index contributed by atoms with van der Waals surface area (Å²) in [5.74, 6) is 0. The first kappa shape index (κ1) is 12.3. The number of nitrogens with zero attached hydrogens (tertiary/aromatic N) is 3. The van der Waals surface area contributed by atoms with Gasteiger partial charge in [0.15, 0.2) is 4.77 Å². The van der Waals surface area contributed by atoms with Crippen LogP contribution in [0.15, 0.2) is 28.6 Å². The van der Waals surface area contributed by atoms with Crippen LogP contribution in [0.25, 0.3) is 15.9 Å². The number of nitrogens with one attached hydrogen (secondary N) is 1. The highest BCUT2D eigenvalue weighted by atomic mass is 32.1. The fourth-order valence-corrected chi connectivity index (χ4v) is 3.03. The van der Waals surface area contributed by atoms with Crippen molar-refractivity contribution in [2.45, 2.75) is 19.9 Å². The smallest absolute Gasteiger partial charge is 0.267 e. The molecule has 5 nitrogen and oxygen atoms in total. The van der Waals surface area contributed by atoms with E-state index in [1.807, 2.05) is 25.4 Å². The summed E-state index contributed by atoms with van der Waals surface area (Å²) in [6.45, 7) is 4.06. The predicted octanol–water partition coefficient (Wildman–Crippen LogP) is 2.89. The van der Waals surface area contributed by atoms with Crippen molar-refractivity contribution in [3.63, 3.8) is 0 Å². The Morgan fingerprint density at radius 3 is 2.95 bits per heavy atom. The summed E-state index contributed by atoms with van der Waals surface area (Å²) in [4.78, 5) is 16.3. The van der Waals surface area contributed by atoms with Crippen LogP contribution >= 0.6 is 23.6 Å². The van der Waals surface area contributed by atoms with Crippen molar-refractivity contribution in [3.05, 3.63) is 39.0 Å². The fourth-order valence-electron chi connectivity index (χ4n) is 1.90. The number of fused-ring (bicyclic) bond motifs is 1. The van der Waals surface area contributed by atoms with E-state index in [0.717, 1.165) is 4.83 Å². The SMILES string of the molecule is CC(C)n1cc(-n2c(=S)[nH]c3sccc3c2=O)cn1. The van der Waals surface area contributed by atoms with E-state index in [2.05, 4.69) is 10.1 Å². The van der Waals surface area contributed by atoms with E-state index in [9.17, 15) is 4.79 Å². The molecule has 3 rings (SSSR count). The summed E-state index contributed by atoms with van der Waals surface area (Å²) < 4.78 is 3.67. The van der Waals surface area contributed by atoms with Gasteiger partial charge in [0.2, 0.25) is 0 Å². The van der Waals surface area contributed by atoms with Gasteiger partial charge in [-0.25, -0.2) is 4.57 Å². The van der Waals surface area contributed by atoms with Gasteiger partial charge in [0, 0.05) is 12.2 Å². The van der Waals surface area contributed by atoms with Crippen LogP contribution in [0.5, 0.6) is 0 Å². The molecule has 0 spiro atoms. The third-order valence-electron chi connectivity index (χ3n) is 2.90. The molecule has 0 radical (unpaired) electrons. The Kier molecular flexibility index (Phi) is 2.87. The summed E-state index contributed by atoms with van der Waals surface area (Å²) in [6.07, 6.45) is 3.48. The lowest BCUT2D eigenvalue weighted by Gasteiger charge is -2.04. The highest BCUT2D eigenvalue weighted by molar-refractivity contribution is 7.71. The molecule has 98 valence electrons. The number of rotatable bonds is 2. The fraction of sp³-hybridized carbons (Fsp3) is 0.250. The molecule has 0 aromatic carbocycles. The number of H-pyrrole nitrogens is 1. The summed E-state index contributed by atoms with van der Waals surface area (Å²) in [5, 5.41) is 6.76. The molecule has 1 N–H and O–H groups in total. The molecule has 0 bridgehead atoms. The zero-order chi connectivity index (χ0) is 13.6. The summed E-state index contributed by atoms with van der Waals surface area (Å²) in [5.41, 5.74) is 0.580. The van der Waals surface area contributed by atoms with Crippen molar-refractivity contribution in [3.8, 4) is 5.69 Å². The number of aromatic nitrogens is 4. The van der Waals surface area contributed by atoms with Gasteiger partial charge in [0.25, 0.3) is 5.56 Å². The first-order valence-corrected chi connectivity index (χ1v) is 7.14. The van der Waals surface area contributed by atoms with E-state index in [1.165, 1.54) is 15.9 Å². The van der Waals surface area contributed by atoms with Gasteiger partial charge in [0.05, 0.1) is 17.3 Å². The molecular weight excluding hydrogens is 280 g/mol. The molecular formula is C12H12N4OS2. The second kappa shape index (κ2) is 4.43. The quantitative estimate of drug-likeness (QED) is 0.739. The predicted molar refractivity (Wildman–Crippen MR) is 78.8 cm³/mol. The number of thiophene rings is 1. The van der Waals surface area contributed by atoms with Crippen LogP contribution in [0.3, 0.4) is 0 Å². The Labute approximate surface area is 118 Å². The van der Waals surface area contributed by atoms with E-state index >= 15 is 0 Å². The average Bonchev–Trinajstić information content (AvgIpc) is 2.97. The molecule has 19 heavy (non-hydrogen) atoms. The van der Waals surface area contributed by atoms with Gasteiger partial charge >= 0.3 is 0 Å². The zero-order valence-corrected chi connectivity index (χ0v) is 12.1. The maximum absolute atomic E-state index is 12.4. The molecule has 0 amide bonds. The molecule has 3 heterocycles. The second-order valence-electron chi connectivity index (χ2n) is 4.51. The normalized spacial score (nSPS) is 11.5. The Balaban J connectivity index is 2.29. The minimum absolute atomic E-state index is 0.108. The molecule has 0 aliphatic heterocycles. The highest BCUT2D eigenvalue weighted by Crippen LogP contribution is 2.16. The van der Waals surface area contributed by atoms with Crippen LogP contribution in [0, 0.1) is 4.77 Å². The Morgan fingerprint density at radius 2 is 2.26 bits per heavy atom. The maximum atomic E-state index is 12.4. The number of hydrogen-bond acceptors (Lipinski definition) is 4. The van der Waals surface area contributed by atoms with Crippen molar-refractivity contribution >= 4 is 33.8 Å². The van der Waals surface area contributed by atoms with Crippen molar-refractivity contribution < 1.29 is 0 Å². The molecule has 0 aliphatic carbocycles. The van der Waals surface area contributed by atoms with Gasteiger partial charge in [-0.2, -0.15) is 5.10 Å². The summed E-state index contributed by atoms with van der Waals surface area (Å²) in [6, 6.07) is 2.05. The molecule has 0 aliphatic rings. The van der Waals surface area contributed by atoms with Gasteiger partial charge in [0.1, 0.15) is 4.83 Å². The van der Waals surface area contributed by atoms with Crippen LogP contribution < -0.4 is 5.56 Å². The molecule has 0 saturated heterocycles. The number of aromatic amines is 1. The largest absolute Gasteiger partial charge is 0.323 e. The Bertz CT molecular complexity index is 852. The van der Waals surface area contributed by atoms with Crippen molar-refractivity contribution in [2.24, 2.45) is 0 Å². The average molecular weight is 292 g/mol. The van der Waals surface area contributed by atoms with Crippen LogP contribution in [0.4, 0.5) is 0 Å². The van der Waals surface area contributed by atoms with Crippen molar-refractivity contribution in [1.82, 2.24) is 19.3 Å². The Hall–Kier alpha value is -1.73. The van der Waals surface area contributed by atoms with Crippen LogP contribution in [-0.4, -0.2) is 19.3 Å². The first-order chi connectivity index (χ1) is 9.08. The minimum atomic E-state index is -0.108. The standard InChI is InChI=1S/C12H12N4OS2/c1-7(2)15-6-8(5-13-15)16-11(17)9-3-4-19-10(9)14-12(16)18/h3-7H,1-2H3,(H,14,18). The van der Waals surface area contributed by atoms with E-state index < -0.39 is 0 Å². The second-order valence-corrected chi connectivity index (χ2v) is 5.81. The van der Waals surface area contributed by atoms with Gasteiger partial charge in [-0.15, -0.1) is 11.3 Å². The molecule has 0 atom stereocenters. The third-order valence-corrected chi connectivity index (χ3v) is 4.01. The van der Waals surface area contributed by atoms with Gasteiger partial charge in [-0.1, -0.05) is 0 Å². The van der Waals surface area contributed by atoms with Gasteiger partial charge in [-0.3, -0.25) is 9.48 Å². The number of hydrogen-bond donors (Lipinski definition) is 1. The molecule has 3 aromatic rings. The van der Waals surface area contributed by atoms with Crippen LogP contribution in [-0.2, 0) is 0 Å². The lowest BCUT2D eigenvalue weighted by atomic mass is 10.4. The highest BCUT2D eigenvalue weighted by Gasteiger charge is 2.10. The first-order valence-electron chi connectivity index (χ1n) is 5.85. The van der Waals surface area contributed by atoms with Gasteiger partial charge < -0.3 is 4.98 Å². The van der Waals surface area contributed by atoms with Crippen LogP contribution in [0.1, 0.15) is 19.9 Å². The maximum Gasteiger partial charge on any atom is 0.267 e. The molecule has 0 saturated carbocycles. The van der Waals surface area contributed by atoms with E-state index in [-0.39, 0.29) is 11.6 Å². The van der Waals surface area contributed by atoms with E-state index in [0.29, 0.717) is 15.8 Å². The molecule has 7 heteroatoms. The lowest BCUT2D eigenvalue weighted by Crippen LogP contribution is -2.19. The topological polar surface area (TPSA) is 55.6 Å². The third kappa shape index (κ3) is 1.95. The van der Waals surface area contributed by atoms with Crippen molar-refractivity contribution in [1.29, 1.82) is 0 Å². The van der Waals surface area contributed by atoms with Gasteiger partial charge in [-0.05, 0) is 37.5 Å². The van der Waals surface area contributed by atoms with Crippen molar-refractivity contribution in [2.75, 3.05) is 0 Å². The molecule has 0 unspecified atom stereocenters. The Morgan fingerprint density at radius 1 is 1.47 bits per heavy atom. The van der Waals surface area contributed by atoms with E-state index in [1.54, 1.807) is 16.9 Å². The van der Waals surface area contributed by atoms with E-state index in [4.69, 9.17) is 12.2 Å². The zero-order valence-electron chi connectivity index (χ0n) is 10.5. The molecule has 3 aromatic heterocycles. The summed E-state index contributed by atoms with van der Waals surface area (Å²) >= 11 is 6.74. The minimum Gasteiger partial charge on any atom is -0.323 e. The van der Waals surface area contributed by atoms with Crippen LogP contribution in [0.2, 0.25) is 0 Å². The monoisotopic (exact) mass is 292 g/mol. The summed E-state index contributed by atoms with van der Waals surface area (Å²) in [7, 11) is 0. The molecule has 0 fully saturated rings. The lowest BCUT2D eigenvalue weighted by molar-refractivity contribution is 0.532.